The van der Waals surface area contributed by atoms with E-state index in [1.165, 1.54) is 12.1 Å². The van der Waals surface area contributed by atoms with Crippen molar-refractivity contribution < 1.29 is 27.8 Å². The number of alkyl halides is 3. The van der Waals surface area contributed by atoms with Crippen molar-refractivity contribution in [2.75, 3.05) is 5.32 Å². The van der Waals surface area contributed by atoms with Crippen molar-refractivity contribution >= 4 is 40.3 Å². The largest absolute Gasteiger partial charge is 0.448 e. The van der Waals surface area contributed by atoms with Crippen LogP contribution in [0.25, 0.3) is 0 Å². The smallest absolute Gasteiger partial charge is 0.420 e. The van der Waals surface area contributed by atoms with Crippen molar-refractivity contribution in [1.82, 2.24) is 0 Å². The Morgan fingerprint density at radius 2 is 1.80 bits per heavy atom. The molecule has 0 aliphatic rings. The molecule has 0 heterocycles. The Hall–Kier alpha value is -2.79. The number of benzene rings is 2. The fourth-order valence-electron chi connectivity index (χ4n) is 2.43. The SMILES string of the molecule is CCC(C)Nc1c([N+](=O)[O-])cc(C(F)(F)F)c(Oc2ccc(Cl)cc2Cl)c1[N+](=O)[O-]. The third kappa shape index (κ3) is 5.03. The maximum absolute atomic E-state index is 13.7. The molecule has 0 aromatic heterocycles. The van der Waals surface area contributed by atoms with Crippen LogP contribution in [0.1, 0.15) is 25.8 Å². The average Bonchev–Trinajstić information content (AvgIpc) is 2.62. The number of ether oxygens (including phenoxy) is 1. The molecule has 0 bridgehead atoms. The Morgan fingerprint density at radius 3 is 2.27 bits per heavy atom. The summed E-state index contributed by atoms with van der Waals surface area (Å²) in [6.07, 6.45) is -4.81. The maximum Gasteiger partial charge on any atom is 0.420 e. The minimum atomic E-state index is -5.20. The molecule has 162 valence electrons. The van der Waals surface area contributed by atoms with Gasteiger partial charge in [-0.2, -0.15) is 13.2 Å². The van der Waals surface area contributed by atoms with E-state index in [4.69, 9.17) is 27.9 Å². The lowest BCUT2D eigenvalue weighted by atomic mass is 10.1. The third-order valence-electron chi connectivity index (χ3n) is 4.03. The molecule has 0 aliphatic heterocycles. The van der Waals surface area contributed by atoms with Gasteiger partial charge in [-0.15, -0.1) is 0 Å². The Kier molecular flexibility index (Phi) is 6.99. The quantitative estimate of drug-likeness (QED) is 0.353. The molecule has 0 spiro atoms. The van der Waals surface area contributed by atoms with E-state index in [1.807, 2.05) is 0 Å². The van der Waals surface area contributed by atoms with E-state index >= 15 is 0 Å². The van der Waals surface area contributed by atoms with Gasteiger partial charge < -0.3 is 10.1 Å². The van der Waals surface area contributed by atoms with Gasteiger partial charge in [0, 0.05) is 17.1 Å². The van der Waals surface area contributed by atoms with Gasteiger partial charge in [0.05, 0.1) is 14.9 Å². The van der Waals surface area contributed by atoms with Gasteiger partial charge in [-0.05, 0) is 31.5 Å². The fraction of sp³-hybridized carbons (Fsp3) is 0.294. The molecule has 1 unspecified atom stereocenters. The van der Waals surface area contributed by atoms with Crippen molar-refractivity contribution in [3.63, 3.8) is 0 Å². The Bertz CT molecular complexity index is 1000. The highest BCUT2D eigenvalue weighted by Gasteiger charge is 2.44. The summed E-state index contributed by atoms with van der Waals surface area (Å²) in [6, 6.07) is 3.22. The zero-order valence-electron chi connectivity index (χ0n) is 15.4. The van der Waals surface area contributed by atoms with Gasteiger partial charge in [-0.1, -0.05) is 30.1 Å². The highest BCUT2D eigenvalue weighted by Crippen LogP contribution is 2.51. The van der Waals surface area contributed by atoms with Crippen LogP contribution in [0.2, 0.25) is 10.0 Å². The minimum Gasteiger partial charge on any atom is -0.448 e. The molecule has 30 heavy (non-hydrogen) atoms. The van der Waals surface area contributed by atoms with Crippen LogP contribution in [0.4, 0.5) is 30.2 Å². The Morgan fingerprint density at radius 1 is 1.17 bits per heavy atom. The van der Waals surface area contributed by atoms with E-state index in [1.54, 1.807) is 13.8 Å². The number of rotatable bonds is 7. The highest BCUT2D eigenvalue weighted by molar-refractivity contribution is 6.35. The van der Waals surface area contributed by atoms with E-state index < -0.39 is 50.4 Å². The monoisotopic (exact) mass is 467 g/mol. The predicted molar refractivity (Wildman–Crippen MR) is 105 cm³/mol. The normalized spacial score (nSPS) is 12.4. The molecule has 2 rings (SSSR count). The Balaban J connectivity index is 2.89. The summed E-state index contributed by atoms with van der Waals surface area (Å²) in [6.45, 7) is 3.24. The second-order valence-electron chi connectivity index (χ2n) is 6.14. The van der Waals surface area contributed by atoms with Crippen LogP contribution < -0.4 is 10.1 Å². The van der Waals surface area contributed by atoms with Crippen LogP contribution in [0, 0.1) is 20.2 Å². The summed E-state index contributed by atoms with van der Waals surface area (Å²) in [5.74, 6) is -1.58. The molecule has 1 N–H and O–H groups in total. The lowest BCUT2D eigenvalue weighted by Gasteiger charge is -2.19. The van der Waals surface area contributed by atoms with E-state index in [2.05, 4.69) is 5.32 Å². The topological polar surface area (TPSA) is 108 Å². The zero-order valence-corrected chi connectivity index (χ0v) is 16.9. The molecule has 0 aliphatic carbocycles. The predicted octanol–water partition coefficient (Wildman–Crippen LogP) is 6.83. The number of hydrogen-bond donors (Lipinski definition) is 1. The maximum atomic E-state index is 13.7. The second-order valence-corrected chi connectivity index (χ2v) is 6.98. The molecule has 8 nitrogen and oxygen atoms in total. The standard InChI is InChI=1S/C17H14Cl2F3N3O5/c1-3-8(2)23-14-12(24(26)27)7-10(17(20,21)22)16(15(14)25(28)29)30-13-5-4-9(18)6-11(13)19/h4-8,23H,3H2,1-2H3. The number of nitro groups is 2. The molecule has 0 amide bonds. The first-order chi connectivity index (χ1) is 13.9. The zero-order chi connectivity index (χ0) is 22.8. The number of nitro benzene ring substituents is 2. The van der Waals surface area contributed by atoms with Crippen molar-refractivity contribution in [3.8, 4) is 11.5 Å². The summed E-state index contributed by atoms with van der Waals surface area (Å²) in [5, 5.41) is 25.6. The van der Waals surface area contributed by atoms with E-state index in [0.29, 0.717) is 6.42 Å². The van der Waals surface area contributed by atoms with Crippen molar-refractivity contribution in [1.29, 1.82) is 0 Å². The van der Waals surface area contributed by atoms with Crippen molar-refractivity contribution in [3.05, 3.63) is 60.1 Å². The summed E-state index contributed by atoms with van der Waals surface area (Å²) in [4.78, 5) is 20.8. The molecular weight excluding hydrogens is 454 g/mol. The first-order valence-corrected chi connectivity index (χ1v) is 9.08. The first-order valence-electron chi connectivity index (χ1n) is 8.33. The molecule has 0 radical (unpaired) electrons. The number of nitrogens with zero attached hydrogens (tertiary/aromatic N) is 2. The van der Waals surface area contributed by atoms with Crippen molar-refractivity contribution in [2.24, 2.45) is 0 Å². The number of anilines is 1. The van der Waals surface area contributed by atoms with Crippen LogP contribution in [0.3, 0.4) is 0 Å². The summed E-state index contributed by atoms with van der Waals surface area (Å²) >= 11 is 11.7. The van der Waals surface area contributed by atoms with Crippen LogP contribution >= 0.6 is 23.2 Å². The van der Waals surface area contributed by atoms with E-state index in [-0.39, 0.29) is 21.9 Å². The molecule has 13 heteroatoms. The van der Waals surface area contributed by atoms with Gasteiger partial charge in [0.25, 0.3) is 5.69 Å². The molecular formula is C17H14Cl2F3N3O5. The Labute approximate surface area is 177 Å². The number of nitrogens with one attached hydrogen (secondary N) is 1. The minimum absolute atomic E-state index is 0.153. The molecule has 0 fully saturated rings. The lowest BCUT2D eigenvalue weighted by molar-refractivity contribution is -0.393. The number of halogens is 5. The van der Waals surface area contributed by atoms with Crippen LogP contribution in [-0.4, -0.2) is 15.9 Å². The summed E-state index contributed by atoms with van der Waals surface area (Å²) in [7, 11) is 0. The van der Waals surface area contributed by atoms with Gasteiger partial charge in [0.15, 0.2) is 5.69 Å². The molecule has 1 atom stereocenters. The van der Waals surface area contributed by atoms with Gasteiger partial charge in [0.1, 0.15) is 11.3 Å². The fourth-order valence-corrected chi connectivity index (χ4v) is 2.87. The van der Waals surface area contributed by atoms with Gasteiger partial charge >= 0.3 is 11.9 Å². The molecule has 0 saturated carbocycles. The van der Waals surface area contributed by atoms with Gasteiger partial charge in [-0.3, -0.25) is 20.2 Å². The second kappa shape index (κ2) is 8.92. The van der Waals surface area contributed by atoms with Crippen LogP contribution in [0.15, 0.2) is 24.3 Å². The summed E-state index contributed by atoms with van der Waals surface area (Å²) in [5.41, 5.74) is -4.74. The van der Waals surface area contributed by atoms with E-state index in [9.17, 15) is 33.4 Å². The molecule has 2 aromatic rings. The van der Waals surface area contributed by atoms with Gasteiger partial charge in [0.2, 0.25) is 5.75 Å². The van der Waals surface area contributed by atoms with Crippen LogP contribution in [-0.2, 0) is 6.18 Å². The van der Waals surface area contributed by atoms with E-state index in [0.717, 1.165) is 6.07 Å². The summed E-state index contributed by atoms with van der Waals surface area (Å²) < 4.78 is 46.2. The number of hydrogen-bond acceptors (Lipinski definition) is 6. The van der Waals surface area contributed by atoms with Gasteiger partial charge in [-0.25, -0.2) is 0 Å². The average molecular weight is 468 g/mol. The first kappa shape index (κ1) is 23.5. The van der Waals surface area contributed by atoms with Crippen molar-refractivity contribution in [2.45, 2.75) is 32.5 Å². The highest BCUT2D eigenvalue weighted by atomic mass is 35.5. The lowest BCUT2D eigenvalue weighted by Crippen LogP contribution is -2.18. The molecule has 0 saturated heterocycles. The third-order valence-corrected chi connectivity index (χ3v) is 4.56. The van der Waals surface area contributed by atoms with Crippen LogP contribution in [0.5, 0.6) is 11.5 Å². The molecule has 2 aromatic carbocycles.